The lowest BCUT2D eigenvalue weighted by Crippen LogP contribution is -2.27. The van der Waals surface area contributed by atoms with Gasteiger partial charge in [0.2, 0.25) is 5.91 Å². The van der Waals surface area contributed by atoms with Gasteiger partial charge in [0.05, 0.1) is 12.4 Å². The molecule has 0 saturated carbocycles. The Morgan fingerprint density at radius 3 is 2.36 bits per heavy atom. The number of nitrogens with one attached hydrogen (secondary N) is 1. The molecule has 0 bridgehead atoms. The van der Waals surface area contributed by atoms with E-state index in [0.717, 1.165) is 22.4 Å². The van der Waals surface area contributed by atoms with Gasteiger partial charge in [-0.2, -0.15) is 0 Å². The maximum absolute atomic E-state index is 12.6. The van der Waals surface area contributed by atoms with E-state index in [-0.39, 0.29) is 17.2 Å². The zero-order chi connectivity index (χ0) is 23.2. The van der Waals surface area contributed by atoms with Crippen molar-refractivity contribution < 1.29 is 14.3 Å². The number of hydrogen-bond donors (Lipinski definition) is 1. The largest absolute Gasteiger partial charge is 0.494 e. The fourth-order valence-electron chi connectivity index (χ4n) is 3.64. The van der Waals surface area contributed by atoms with E-state index in [0.29, 0.717) is 36.0 Å². The summed E-state index contributed by atoms with van der Waals surface area (Å²) in [5.74, 6) is 1.24. The van der Waals surface area contributed by atoms with Gasteiger partial charge in [-0.15, -0.1) is 11.8 Å². The number of benzene rings is 3. The molecule has 4 rings (SSSR count). The van der Waals surface area contributed by atoms with Crippen LogP contribution in [0.15, 0.2) is 72.8 Å². The Bertz CT molecular complexity index is 1100. The zero-order valence-electron chi connectivity index (χ0n) is 18.3. The predicted octanol–water partition coefficient (Wildman–Crippen LogP) is 5.44. The summed E-state index contributed by atoms with van der Waals surface area (Å²) < 4.78 is 5.44. The first-order chi connectivity index (χ1) is 16.0. The maximum atomic E-state index is 12.6. The molecular formula is C26H25ClN2O3S. The van der Waals surface area contributed by atoms with Crippen molar-refractivity contribution in [3.63, 3.8) is 0 Å². The highest BCUT2D eigenvalue weighted by Crippen LogP contribution is 2.39. The molecule has 1 aliphatic heterocycles. The second-order valence-electron chi connectivity index (χ2n) is 7.69. The highest BCUT2D eigenvalue weighted by molar-refractivity contribution is 8.00. The lowest BCUT2D eigenvalue weighted by Gasteiger charge is -2.24. The Kier molecular flexibility index (Phi) is 7.57. The number of halogens is 1. The Morgan fingerprint density at radius 1 is 1.03 bits per heavy atom. The van der Waals surface area contributed by atoms with Gasteiger partial charge in [0.1, 0.15) is 11.1 Å². The number of rotatable bonds is 8. The molecule has 3 aromatic carbocycles. The summed E-state index contributed by atoms with van der Waals surface area (Å²) in [4.78, 5) is 26.9. The van der Waals surface area contributed by atoms with Gasteiger partial charge in [-0.1, -0.05) is 48.0 Å². The SMILES string of the molecule is CCOc1ccc(CNC(=O)c2ccc([C@H]3SCC(=O)N3Cc3ccc(Cl)cc3)cc2)cc1. The van der Waals surface area contributed by atoms with E-state index < -0.39 is 0 Å². The van der Waals surface area contributed by atoms with Crippen LogP contribution in [0.4, 0.5) is 0 Å². The Labute approximate surface area is 203 Å². The quantitative estimate of drug-likeness (QED) is 0.466. The fourth-order valence-corrected chi connectivity index (χ4v) is 4.96. The first-order valence-corrected chi connectivity index (χ1v) is 12.2. The summed E-state index contributed by atoms with van der Waals surface area (Å²) in [5.41, 5.74) is 3.62. The predicted molar refractivity (Wildman–Crippen MR) is 132 cm³/mol. The number of thioether (sulfide) groups is 1. The Morgan fingerprint density at radius 2 is 1.70 bits per heavy atom. The van der Waals surface area contributed by atoms with Gasteiger partial charge < -0.3 is 15.0 Å². The molecule has 1 heterocycles. The summed E-state index contributed by atoms with van der Waals surface area (Å²) in [5, 5.41) is 3.55. The Balaban J connectivity index is 1.37. The number of ether oxygens (including phenoxy) is 1. The van der Waals surface area contributed by atoms with Crippen LogP contribution in [0, 0.1) is 0 Å². The van der Waals surface area contributed by atoms with Gasteiger partial charge in [0.15, 0.2) is 0 Å². The van der Waals surface area contributed by atoms with Gasteiger partial charge in [-0.25, -0.2) is 0 Å². The van der Waals surface area contributed by atoms with Gasteiger partial charge in [0, 0.05) is 23.7 Å². The number of carbonyl (C=O) groups excluding carboxylic acids is 2. The van der Waals surface area contributed by atoms with Crippen molar-refractivity contribution in [2.75, 3.05) is 12.4 Å². The van der Waals surface area contributed by atoms with Crippen molar-refractivity contribution in [2.24, 2.45) is 0 Å². The molecule has 1 fully saturated rings. The van der Waals surface area contributed by atoms with Gasteiger partial charge >= 0.3 is 0 Å². The summed E-state index contributed by atoms with van der Waals surface area (Å²) >= 11 is 7.57. The molecule has 170 valence electrons. The molecule has 0 spiro atoms. The van der Waals surface area contributed by atoms with Crippen molar-refractivity contribution in [3.8, 4) is 5.75 Å². The average Bonchev–Trinajstić information content (AvgIpc) is 3.20. The molecule has 1 atom stereocenters. The molecule has 0 radical (unpaired) electrons. The van der Waals surface area contributed by atoms with E-state index in [2.05, 4.69) is 5.32 Å². The second kappa shape index (κ2) is 10.8. The average molecular weight is 481 g/mol. The minimum Gasteiger partial charge on any atom is -0.494 e. The highest BCUT2D eigenvalue weighted by atomic mass is 35.5. The molecular weight excluding hydrogens is 456 g/mol. The summed E-state index contributed by atoms with van der Waals surface area (Å²) in [6, 6.07) is 22.7. The monoisotopic (exact) mass is 480 g/mol. The van der Waals surface area contributed by atoms with E-state index in [4.69, 9.17) is 16.3 Å². The van der Waals surface area contributed by atoms with E-state index in [1.54, 1.807) is 11.8 Å². The third-order valence-electron chi connectivity index (χ3n) is 5.38. The van der Waals surface area contributed by atoms with Crippen LogP contribution in [-0.2, 0) is 17.9 Å². The Hall–Kier alpha value is -2.96. The molecule has 3 aromatic rings. The second-order valence-corrected chi connectivity index (χ2v) is 9.20. The number of hydrogen-bond acceptors (Lipinski definition) is 4. The zero-order valence-corrected chi connectivity index (χ0v) is 19.9. The van der Waals surface area contributed by atoms with Crippen LogP contribution < -0.4 is 10.1 Å². The molecule has 33 heavy (non-hydrogen) atoms. The third kappa shape index (κ3) is 5.89. The highest BCUT2D eigenvalue weighted by Gasteiger charge is 2.32. The molecule has 0 aromatic heterocycles. The van der Waals surface area contributed by atoms with Crippen LogP contribution in [0.2, 0.25) is 5.02 Å². The molecule has 0 aliphatic carbocycles. The molecule has 0 unspecified atom stereocenters. The molecule has 1 saturated heterocycles. The topological polar surface area (TPSA) is 58.6 Å². The van der Waals surface area contributed by atoms with Gasteiger partial charge in [-0.05, 0) is 60.0 Å². The van der Waals surface area contributed by atoms with Crippen LogP contribution in [0.5, 0.6) is 5.75 Å². The standard InChI is InChI=1S/C26H25ClN2O3S/c1-2-32-23-13-5-18(6-14-23)15-28-25(31)20-7-9-21(10-8-20)26-29(24(30)17-33-26)16-19-3-11-22(27)12-4-19/h3-14,26H,2,15-17H2,1H3,(H,28,31)/t26-/m1/s1. The summed E-state index contributed by atoms with van der Waals surface area (Å²) in [6.07, 6.45) is 0. The lowest BCUT2D eigenvalue weighted by atomic mass is 10.1. The molecule has 2 amide bonds. The van der Waals surface area contributed by atoms with Crippen molar-refractivity contribution >= 4 is 35.2 Å². The van der Waals surface area contributed by atoms with Crippen LogP contribution in [0.1, 0.15) is 39.3 Å². The molecule has 1 aliphatic rings. The first kappa shape index (κ1) is 23.2. The summed E-state index contributed by atoms with van der Waals surface area (Å²) in [6.45, 7) is 3.53. The maximum Gasteiger partial charge on any atom is 0.251 e. The van der Waals surface area contributed by atoms with Crippen molar-refractivity contribution in [1.82, 2.24) is 10.2 Å². The van der Waals surface area contributed by atoms with Gasteiger partial charge in [-0.3, -0.25) is 9.59 Å². The third-order valence-corrected chi connectivity index (χ3v) is 6.89. The molecule has 7 heteroatoms. The van der Waals surface area contributed by atoms with Crippen LogP contribution in [0.3, 0.4) is 0 Å². The minimum atomic E-state index is -0.136. The van der Waals surface area contributed by atoms with E-state index in [1.165, 1.54) is 0 Å². The van der Waals surface area contributed by atoms with E-state index in [1.807, 2.05) is 84.6 Å². The molecule has 5 nitrogen and oxygen atoms in total. The van der Waals surface area contributed by atoms with Crippen LogP contribution >= 0.6 is 23.4 Å². The van der Waals surface area contributed by atoms with Crippen molar-refractivity contribution in [2.45, 2.75) is 25.4 Å². The number of nitrogens with zero attached hydrogens (tertiary/aromatic N) is 1. The van der Waals surface area contributed by atoms with Crippen LogP contribution in [0.25, 0.3) is 0 Å². The van der Waals surface area contributed by atoms with Crippen LogP contribution in [-0.4, -0.2) is 29.1 Å². The minimum absolute atomic E-state index is 0.0749. The van der Waals surface area contributed by atoms with Gasteiger partial charge in [0.25, 0.3) is 5.91 Å². The first-order valence-electron chi connectivity index (χ1n) is 10.8. The lowest BCUT2D eigenvalue weighted by molar-refractivity contribution is -0.128. The normalized spacial score (nSPS) is 15.5. The number of carbonyl (C=O) groups is 2. The van der Waals surface area contributed by atoms with Crippen molar-refractivity contribution in [3.05, 3.63) is 100 Å². The summed E-state index contributed by atoms with van der Waals surface area (Å²) in [7, 11) is 0. The fraction of sp³-hybridized carbons (Fsp3) is 0.231. The van der Waals surface area contributed by atoms with E-state index in [9.17, 15) is 9.59 Å². The van der Waals surface area contributed by atoms with E-state index >= 15 is 0 Å². The van der Waals surface area contributed by atoms with Crippen molar-refractivity contribution in [1.29, 1.82) is 0 Å². The number of amides is 2. The molecule has 1 N–H and O–H groups in total. The smallest absolute Gasteiger partial charge is 0.251 e.